The third-order valence-electron chi connectivity index (χ3n) is 5.22. The van der Waals surface area contributed by atoms with Crippen molar-refractivity contribution >= 4 is 35.0 Å². The molecule has 0 saturated heterocycles. The van der Waals surface area contributed by atoms with E-state index >= 15 is 0 Å². The SMILES string of the molecule is C[C@@H]1[C@@H](C)CCC[C@H]1NC(=S)NNC(=O)CSc1ccc2c(c1)OCCO2. The van der Waals surface area contributed by atoms with Crippen LogP contribution in [0.4, 0.5) is 0 Å². The third kappa shape index (κ3) is 5.65. The molecule has 1 amide bonds. The van der Waals surface area contributed by atoms with Gasteiger partial charge < -0.3 is 14.8 Å². The fraction of sp³-hybridized carbons (Fsp3) is 0.579. The molecule has 2 aliphatic rings. The second kappa shape index (κ2) is 9.50. The molecule has 0 spiro atoms. The lowest BCUT2D eigenvalue weighted by molar-refractivity contribution is -0.119. The number of carbonyl (C=O) groups is 1. The van der Waals surface area contributed by atoms with Gasteiger partial charge in [-0.15, -0.1) is 11.8 Å². The number of ether oxygens (including phenoxy) is 2. The van der Waals surface area contributed by atoms with Gasteiger partial charge in [-0.25, -0.2) is 0 Å². The minimum Gasteiger partial charge on any atom is -0.486 e. The molecule has 0 unspecified atom stereocenters. The van der Waals surface area contributed by atoms with Crippen molar-refractivity contribution in [3.63, 3.8) is 0 Å². The van der Waals surface area contributed by atoms with E-state index < -0.39 is 0 Å². The highest BCUT2D eigenvalue weighted by Crippen LogP contribution is 2.34. The van der Waals surface area contributed by atoms with Crippen molar-refractivity contribution in [3.05, 3.63) is 18.2 Å². The second-order valence-electron chi connectivity index (χ2n) is 7.11. The highest BCUT2D eigenvalue weighted by atomic mass is 32.2. The first-order chi connectivity index (χ1) is 13.0. The minimum absolute atomic E-state index is 0.135. The van der Waals surface area contributed by atoms with Crippen LogP contribution in [0.2, 0.25) is 0 Å². The summed E-state index contributed by atoms with van der Waals surface area (Å²) in [5.74, 6) is 2.89. The molecule has 6 nitrogen and oxygen atoms in total. The minimum atomic E-state index is -0.135. The van der Waals surface area contributed by atoms with Crippen LogP contribution in [0.5, 0.6) is 11.5 Å². The van der Waals surface area contributed by atoms with Crippen LogP contribution in [0.15, 0.2) is 23.1 Å². The van der Waals surface area contributed by atoms with E-state index in [-0.39, 0.29) is 11.7 Å². The number of amides is 1. The molecule has 1 heterocycles. The molecule has 8 heteroatoms. The third-order valence-corrected chi connectivity index (χ3v) is 6.44. The summed E-state index contributed by atoms with van der Waals surface area (Å²) in [6.45, 7) is 5.66. The van der Waals surface area contributed by atoms with Crippen LogP contribution in [0, 0.1) is 11.8 Å². The maximum atomic E-state index is 12.1. The number of hydrazine groups is 1. The Morgan fingerprint density at radius 1 is 1.19 bits per heavy atom. The molecular weight excluding hydrogens is 382 g/mol. The van der Waals surface area contributed by atoms with Crippen molar-refractivity contribution in [2.75, 3.05) is 19.0 Å². The molecule has 0 bridgehead atoms. The lowest BCUT2D eigenvalue weighted by atomic mass is 9.78. The van der Waals surface area contributed by atoms with Crippen molar-refractivity contribution in [2.24, 2.45) is 11.8 Å². The Hall–Kier alpha value is -1.67. The van der Waals surface area contributed by atoms with E-state index in [1.807, 2.05) is 18.2 Å². The molecule has 1 aromatic rings. The molecule has 27 heavy (non-hydrogen) atoms. The maximum absolute atomic E-state index is 12.1. The summed E-state index contributed by atoms with van der Waals surface area (Å²) >= 11 is 6.75. The topological polar surface area (TPSA) is 71.6 Å². The van der Waals surface area contributed by atoms with Gasteiger partial charge in [-0.2, -0.15) is 0 Å². The number of rotatable bonds is 4. The Balaban J connectivity index is 1.38. The van der Waals surface area contributed by atoms with Gasteiger partial charge in [0.1, 0.15) is 13.2 Å². The van der Waals surface area contributed by atoms with Crippen LogP contribution in [0.1, 0.15) is 33.1 Å². The number of carbonyl (C=O) groups excluding carboxylic acids is 1. The van der Waals surface area contributed by atoms with Crippen molar-refractivity contribution in [2.45, 2.75) is 44.0 Å². The molecule has 148 valence electrons. The number of hydrogen-bond acceptors (Lipinski definition) is 5. The van der Waals surface area contributed by atoms with Crippen LogP contribution in [-0.4, -0.2) is 36.0 Å². The summed E-state index contributed by atoms with van der Waals surface area (Å²) in [4.78, 5) is 13.0. The zero-order valence-corrected chi connectivity index (χ0v) is 17.4. The zero-order valence-electron chi connectivity index (χ0n) is 15.7. The van der Waals surface area contributed by atoms with Crippen LogP contribution >= 0.6 is 24.0 Å². The largest absolute Gasteiger partial charge is 0.486 e. The summed E-state index contributed by atoms with van der Waals surface area (Å²) in [6, 6.07) is 6.06. The van der Waals surface area contributed by atoms with Gasteiger partial charge in [0.15, 0.2) is 16.6 Å². The molecule has 3 N–H and O–H groups in total. The number of nitrogens with one attached hydrogen (secondary N) is 3. The van der Waals surface area contributed by atoms with Gasteiger partial charge in [-0.05, 0) is 48.7 Å². The van der Waals surface area contributed by atoms with Gasteiger partial charge in [0.25, 0.3) is 0 Å². The number of thiocarbonyl (C=S) groups is 1. The number of benzene rings is 1. The smallest absolute Gasteiger partial charge is 0.248 e. The first kappa shape index (κ1) is 20.1. The molecule has 1 saturated carbocycles. The molecule has 1 aliphatic carbocycles. The van der Waals surface area contributed by atoms with E-state index in [9.17, 15) is 4.79 Å². The first-order valence-corrected chi connectivity index (χ1v) is 10.8. The monoisotopic (exact) mass is 409 g/mol. The summed E-state index contributed by atoms with van der Waals surface area (Å²) in [5.41, 5.74) is 5.48. The summed E-state index contributed by atoms with van der Waals surface area (Å²) < 4.78 is 11.1. The number of fused-ring (bicyclic) bond motifs is 1. The normalized spacial score (nSPS) is 24.0. The Bertz CT molecular complexity index is 686. The summed E-state index contributed by atoms with van der Waals surface area (Å²) in [6.07, 6.45) is 3.60. The van der Waals surface area contributed by atoms with Gasteiger partial charge >= 0.3 is 0 Å². The highest BCUT2D eigenvalue weighted by Gasteiger charge is 2.27. The van der Waals surface area contributed by atoms with E-state index in [4.69, 9.17) is 21.7 Å². The van der Waals surface area contributed by atoms with Crippen LogP contribution < -0.4 is 25.6 Å². The van der Waals surface area contributed by atoms with Crippen LogP contribution in [-0.2, 0) is 4.79 Å². The van der Waals surface area contributed by atoms with E-state index in [1.165, 1.54) is 24.6 Å². The van der Waals surface area contributed by atoms with Crippen LogP contribution in [0.3, 0.4) is 0 Å². The number of thioether (sulfide) groups is 1. The number of hydrogen-bond donors (Lipinski definition) is 3. The predicted molar refractivity (Wildman–Crippen MR) is 111 cm³/mol. The average Bonchev–Trinajstić information content (AvgIpc) is 2.68. The van der Waals surface area contributed by atoms with Crippen LogP contribution in [0.25, 0.3) is 0 Å². The standard InChI is InChI=1S/C19H27N3O3S2/c1-12-4-3-5-15(13(12)2)20-19(26)22-21-18(23)11-27-14-6-7-16-17(10-14)25-9-8-24-16/h6-7,10,12-13,15H,3-5,8-9,11H2,1-2H3,(H,21,23)(H2,20,22,26)/t12-,13+,15+/m0/s1. The van der Waals surface area contributed by atoms with Gasteiger partial charge in [-0.3, -0.25) is 15.6 Å². The zero-order chi connectivity index (χ0) is 19.2. The maximum Gasteiger partial charge on any atom is 0.248 e. The van der Waals surface area contributed by atoms with Gasteiger partial charge in [0, 0.05) is 10.9 Å². The summed E-state index contributed by atoms with van der Waals surface area (Å²) in [7, 11) is 0. The van der Waals surface area contributed by atoms with E-state index in [1.54, 1.807) is 0 Å². The van der Waals surface area contributed by atoms with Crippen molar-refractivity contribution in [1.29, 1.82) is 0 Å². The highest BCUT2D eigenvalue weighted by molar-refractivity contribution is 8.00. The van der Waals surface area contributed by atoms with Crippen molar-refractivity contribution in [1.82, 2.24) is 16.2 Å². The molecule has 3 rings (SSSR count). The van der Waals surface area contributed by atoms with Gasteiger partial charge in [0.05, 0.1) is 5.75 Å². The van der Waals surface area contributed by atoms with Gasteiger partial charge in [-0.1, -0.05) is 26.7 Å². The molecule has 3 atom stereocenters. The first-order valence-electron chi connectivity index (χ1n) is 9.40. The van der Waals surface area contributed by atoms with Crippen molar-refractivity contribution < 1.29 is 14.3 Å². The average molecular weight is 410 g/mol. The quantitative estimate of drug-likeness (QED) is 0.401. The van der Waals surface area contributed by atoms with E-state index in [0.29, 0.717) is 36.2 Å². The predicted octanol–water partition coefficient (Wildman–Crippen LogP) is 2.87. The van der Waals surface area contributed by atoms with Gasteiger partial charge in [0.2, 0.25) is 5.91 Å². The van der Waals surface area contributed by atoms with Crippen molar-refractivity contribution in [3.8, 4) is 11.5 Å². The molecule has 1 fully saturated rings. The fourth-order valence-corrected chi connectivity index (χ4v) is 4.34. The molecule has 0 aromatic heterocycles. The molecular formula is C19H27N3O3S2. The van der Waals surface area contributed by atoms with E-state index in [2.05, 4.69) is 30.0 Å². The molecule has 1 aromatic carbocycles. The molecule has 0 radical (unpaired) electrons. The molecule has 1 aliphatic heterocycles. The second-order valence-corrected chi connectivity index (χ2v) is 8.57. The fourth-order valence-electron chi connectivity index (χ4n) is 3.42. The lowest BCUT2D eigenvalue weighted by Gasteiger charge is -2.35. The Morgan fingerprint density at radius 2 is 1.96 bits per heavy atom. The summed E-state index contributed by atoms with van der Waals surface area (Å²) in [5, 5.41) is 3.80. The Labute approximate surface area is 170 Å². The Kier molecular flexibility index (Phi) is 7.07. The van der Waals surface area contributed by atoms with E-state index in [0.717, 1.165) is 22.8 Å². The lowest BCUT2D eigenvalue weighted by Crippen LogP contribution is -2.52. The Morgan fingerprint density at radius 3 is 2.78 bits per heavy atom.